The molecule has 0 aliphatic rings. The van der Waals surface area contributed by atoms with Gasteiger partial charge in [0.15, 0.2) is 0 Å². The summed E-state index contributed by atoms with van der Waals surface area (Å²) in [5.41, 5.74) is 1.56. The smallest absolute Gasteiger partial charge is 0.114 e. The van der Waals surface area contributed by atoms with Crippen molar-refractivity contribution in [2.45, 2.75) is 232 Å². The highest BCUT2D eigenvalue weighted by molar-refractivity contribution is 5.17. The van der Waals surface area contributed by atoms with Crippen molar-refractivity contribution in [2.75, 3.05) is 20.6 Å². The molecule has 47 heavy (non-hydrogen) atoms. The second-order valence-electron chi connectivity index (χ2n) is 15.8. The van der Waals surface area contributed by atoms with Crippen molar-refractivity contribution in [1.82, 2.24) is 0 Å². The molecule has 1 atom stereocenters. The van der Waals surface area contributed by atoms with Gasteiger partial charge in [0.25, 0.3) is 0 Å². The van der Waals surface area contributed by atoms with Crippen LogP contribution >= 0.6 is 0 Å². The summed E-state index contributed by atoms with van der Waals surface area (Å²) < 4.78 is 1.15. The number of quaternary nitrogens is 1. The van der Waals surface area contributed by atoms with Gasteiger partial charge in [-0.3, -0.25) is 0 Å². The van der Waals surface area contributed by atoms with Crippen molar-refractivity contribution in [1.29, 1.82) is 0 Å². The van der Waals surface area contributed by atoms with E-state index in [0.29, 0.717) is 6.04 Å². The molecule has 0 radical (unpaired) electrons. The summed E-state index contributed by atoms with van der Waals surface area (Å²) in [4.78, 5) is 0. The van der Waals surface area contributed by atoms with E-state index in [4.69, 9.17) is 0 Å². The molecule has 1 rings (SSSR count). The highest BCUT2D eigenvalue weighted by Gasteiger charge is 2.28. The van der Waals surface area contributed by atoms with Crippen LogP contribution in [0, 0.1) is 0 Å². The quantitative estimate of drug-likeness (QED) is 0.0478. The van der Waals surface area contributed by atoms with E-state index in [0.717, 1.165) is 4.48 Å². The van der Waals surface area contributed by atoms with Gasteiger partial charge in [0, 0.05) is 12.0 Å². The predicted molar refractivity (Wildman–Crippen MR) is 210 cm³/mol. The summed E-state index contributed by atoms with van der Waals surface area (Å²) in [6.45, 7) is 5.94. The zero-order valence-electron chi connectivity index (χ0n) is 32.8. The van der Waals surface area contributed by atoms with E-state index in [9.17, 15) is 0 Å². The molecule has 2 heteroatoms. The molecule has 0 aliphatic heterocycles. The molecule has 0 saturated carbocycles. The van der Waals surface area contributed by atoms with Gasteiger partial charge in [-0.1, -0.05) is 230 Å². The highest BCUT2D eigenvalue weighted by Crippen LogP contribution is 2.31. The molecular weight excluding hydrogens is 634 g/mol. The lowest BCUT2D eigenvalue weighted by atomic mass is 9.96. The summed E-state index contributed by atoms with van der Waals surface area (Å²) in [6.07, 6.45) is 47.7. The minimum absolute atomic E-state index is 0. The number of unbranched alkanes of at least 4 members (excludes halogenated alkanes) is 30. The molecule has 0 heterocycles. The minimum atomic E-state index is 0. The van der Waals surface area contributed by atoms with Crippen molar-refractivity contribution in [3.8, 4) is 0 Å². The highest BCUT2D eigenvalue weighted by atomic mass is 79.9. The number of hydrogen-bond acceptors (Lipinski definition) is 0. The Morgan fingerprint density at radius 3 is 0.979 bits per heavy atom. The number of halogens is 1. The Morgan fingerprint density at radius 2 is 0.660 bits per heavy atom. The van der Waals surface area contributed by atoms with E-state index < -0.39 is 0 Å². The molecule has 0 aliphatic carbocycles. The SMILES string of the molecule is CCCCCCCCCCCCCCCCCCC(c1ccccc1)[N+](C)(C)CCCCCCCCCCCCCCCCCC.[Br-]. The van der Waals surface area contributed by atoms with Crippen molar-refractivity contribution in [2.24, 2.45) is 0 Å². The number of benzene rings is 1. The lowest BCUT2D eigenvalue weighted by Crippen LogP contribution is -3.00. The summed E-state index contributed by atoms with van der Waals surface area (Å²) in [6, 6.07) is 12.1. The lowest BCUT2D eigenvalue weighted by molar-refractivity contribution is -0.921. The van der Waals surface area contributed by atoms with Crippen LogP contribution in [0.2, 0.25) is 0 Å². The van der Waals surface area contributed by atoms with Crippen LogP contribution in [0.3, 0.4) is 0 Å². The van der Waals surface area contributed by atoms with Gasteiger partial charge in [-0.15, -0.1) is 0 Å². The van der Waals surface area contributed by atoms with Crippen LogP contribution in [0.1, 0.15) is 237 Å². The molecule has 278 valence electrons. The molecule has 0 amide bonds. The van der Waals surface area contributed by atoms with E-state index in [-0.39, 0.29) is 17.0 Å². The van der Waals surface area contributed by atoms with Crippen LogP contribution in [0.25, 0.3) is 0 Å². The van der Waals surface area contributed by atoms with Crippen molar-refractivity contribution >= 4 is 0 Å². The van der Waals surface area contributed by atoms with E-state index in [1.807, 2.05) is 0 Å². The molecule has 0 fully saturated rings. The molecule has 1 aromatic rings. The average Bonchev–Trinajstić information content (AvgIpc) is 3.06. The van der Waals surface area contributed by atoms with Gasteiger partial charge in [-0.25, -0.2) is 0 Å². The van der Waals surface area contributed by atoms with Crippen LogP contribution in [0.5, 0.6) is 0 Å². The van der Waals surface area contributed by atoms with Gasteiger partial charge >= 0.3 is 0 Å². The van der Waals surface area contributed by atoms with E-state index in [1.54, 1.807) is 5.56 Å². The zero-order chi connectivity index (χ0) is 33.2. The first kappa shape index (κ1) is 46.7. The third-order valence-electron chi connectivity index (χ3n) is 10.9. The summed E-state index contributed by atoms with van der Waals surface area (Å²) in [7, 11) is 5.02. The summed E-state index contributed by atoms with van der Waals surface area (Å²) in [5, 5.41) is 0. The maximum absolute atomic E-state index is 2.51. The molecule has 0 spiro atoms. The Hall–Kier alpha value is -0.340. The molecule has 1 unspecified atom stereocenters. The maximum atomic E-state index is 2.51. The predicted octanol–water partition coefficient (Wildman–Crippen LogP) is 12.7. The largest absolute Gasteiger partial charge is 1.00 e. The Balaban J connectivity index is 0.0000212. The van der Waals surface area contributed by atoms with Gasteiger partial charge < -0.3 is 21.5 Å². The van der Waals surface area contributed by atoms with E-state index in [1.165, 1.54) is 218 Å². The summed E-state index contributed by atoms with van der Waals surface area (Å²) in [5.74, 6) is 0. The fourth-order valence-electron chi connectivity index (χ4n) is 7.70. The first-order valence-electron chi connectivity index (χ1n) is 21.5. The molecule has 1 nitrogen and oxygen atoms in total. The third kappa shape index (κ3) is 29.1. The average molecular weight is 721 g/mol. The van der Waals surface area contributed by atoms with Crippen molar-refractivity contribution in [3.05, 3.63) is 35.9 Å². The van der Waals surface area contributed by atoms with Crippen LogP contribution in [-0.2, 0) is 0 Å². The van der Waals surface area contributed by atoms with Crippen LogP contribution in [0.4, 0.5) is 0 Å². The summed E-state index contributed by atoms with van der Waals surface area (Å²) >= 11 is 0. The fourth-order valence-corrected chi connectivity index (χ4v) is 7.70. The Labute approximate surface area is 308 Å². The van der Waals surface area contributed by atoms with Crippen molar-refractivity contribution < 1.29 is 21.5 Å². The van der Waals surface area contributed by atoms with E-state index in [2.05, 4.69) is 58.3 Å². The monoisotopic (exact) mass is 720 g/mol. The van der Waals surface area contributed by atoms with Crippen LogP contribution in [-0.4, -0.2) is 25.1 Å². The Kier molecular flexibility index (Phi) is 35.2. The Morgan fingerprint density at radius 1 is 0.383 bits per heavy atom. The first-order valence-corrected chi connectivity index (χ1v) is 21.5. The van der Waals surface area contributed by atoms with Gasteiger partial charge in [0.05, 0.1) is 20.6 Å². The Bertz CT molecular complexity index is 716. The number of hydrogen-bond donors (Lipinski definition) is 0. The molecule has 0 N–H and O–H groups in total. The first-order chi connectivity index (χ1) is 22.6. The standard InChI is InChI=1S/C45H86N.BrH/c1-5-7-9-11-13-15-17-19-21-23-25-27-29-31-33-38-42-45(44-40-36-35-37-41-44)46(3,4)43-39-34-32-30-28-26-24-22-20-18-16-14-12-10-8-6-2;/h35-37,40-41,45H,5-34,38-39,42-43H2,1-4H3;1H/q+1;/p-1. The zero-order valence-corrected chi connectivity index (χ0v) is 34.4. The molecule has 1 aromatic carbocycles. The van der Waals surface area contributed by atoms with E-state index >= 15 is 0 Å². The molecule has 0 bridgehead atoms. The second-order valence-corrected chi connectivity index (χ2v) is 15.8. The topological polar surface area (TPSA) is 0 Å². The van der Waals surface area contributed by atoms with Crippen LogP contribution in [0.15, 0.2) is 30.3 Å². The third-order valence-corrected chi connectivity index (χ3v) is 10.9. The number of rotatable bonds is 36. The van der Waals surface area contributed by atoms with Gasteiger partial charge in [-0.05, 0) is 19.3 Å². The van der Waals surface area contributed by atoms with Gasteiger partial charge in [0.2, 0.25) is 0 Å². The van der Waals surface area contributed by atoms with Crippen LogP contribution < -0.4 is 17.0 Å². The normalized spacial score (nSPS) is 12.3. The number of nitrogens with zero attached hydrogens (tertiary/aromatic N) is 1. The fraction of sp³-hybridized carbons (Fsp3) is 0.867. The second kappa shape index (κ2) is 35.5. The van der Waals surface area contributed by atoms with Gasteiger partial charge in [0.1, 0.15) is 6.04 Å². The lowest BCUT2D eigenvalue weighted by Gasteiger charge is -2.39. The maximum Gasteiger partial charge on any atom is 0.114 e. The van der Waals surface area contributed by atoms with Gasteiger partial charge in [-0.2, -0.15) is 0 Å². The molecular formula is C45H86BrN. The minimum Gasteiger partial charge on any atom is -1.00 e. The molecule has 0 aromatic heterocycles. The molecule has 0 saturated heterocycles. The van der Waals surface area contributed by atoms with Crippen molar-refractivity contribution in [3.63, 3.8) is 0 Å².